The first-order valence-electron chi connectivity index (χ1n) is 6.90. The van der Waals surface area contributed by atoms with Gasteiger partial charge in [0.25, 0.3) is 0 Å². The lowest BCUT2D eigenvalue weighted by Crippen LogP contribution is -2.20. The lowest BCUT2D eigenvalue weighted by atomic mass is 10.1. The van der Waals surface area contributed by atoms with Crippen LogP contribution in [0.25, 0.3) is 6.08 Å². The highest BCUT2D eigenvalue weighted by molar-refractivity contribution is 5.92. The molecule has 1 amide bonds. The summed E-state index contributed by atoms with van der Waals surface area (Å²) in [6, 6.07) is 8.94. The number of alkyl halides is 3. The Labute approximate surface area is 135 Å². The van der Waals surface area contributed by atoms with E-state index in [1.165, 1.54) is 36.4 Å². The summed E-state index contributed by atoms with van der Waals surface area (Å²) in [6.45, 7) is -0.0703. The molecule has 0 aliphatic heterocycles. The van der Waals surface area contributed by atoms with Gasteiger partial charge in [-0.05, 0) is 29.8 Å². The van der Waals surface area contributed by atoms with Crippen molar-refractivity contribution in [3.8, 4) is 11.5 Å². The smallest absolute Gasteiger partial charge is 0.416 e. The largest absolute Gasteiger partial charge is 0.504 e. The standard InChI is InChI=1S/C17H14F3NO3/c18-17(19,20)13-5-1-3-11(9-13)10-21-15(23)8-7-12-4-2-6-14(22)16(12)24/h1-9,22,24H,10H2,(H,21,23). The van der Waals surface area contributed by atoms with Crippen molar-refractivity contribution in [3.05, 3.63) is 65.2 Å². The lowest BCUT2D eigenvalue weighted by molar-refractivity contribution is -0.137. The Hall–Kier alpha value is -2.96. The minimum atomic E-state index is -4.44. The van der Waals surface area contributed by atoms with Crippen LogP contribution in [0, 0.1) is 0 Å². The molecule has 0 aliphatic carbocycles. The Bertz CT molecular complexity index is 770. The summed E-state index contributed by atoms with van der Waals surface area (Å²) in [5.41, 5.74) is -0.231. The highest BCUT2D eigenvalue weighted by Crippen LogP contribution is 2.30. The first kappa shape index (κ1) is 17.4. The molecule has 24 heavy (non-hydrogen) atoms. The normalized spacial score (nSPS) is 11.6. The van der Waals surface area contributed by atoms with E-state index in [-0.39, 0.29) is 23.6 Å². The molecule has 0 saturated carbocycles. The van der Waals surface area contributed by atoms with Gasteiger partial charge in [-0.1, -0.05) is 24.3 Å². The summed E-state index contributed by atoms with van der Waals surface area (Å²) in [6.07, 6.45) is -2.04. The van der Waals surface area contributed by atoms with Gasteiger partial charge in [0, 0.05) is 18.2 Å². The molecule has 0 atom stereocenters. The number of hydrogen-bond donors (Lipinski definition) is 3. The Balaban J connectivity index is 1.99. The highest BCUT2D eigenvalue weighted by atomic mass is 19.4. The van der Waals surface area contributed by atoms with Crippen molar-refractivity contribution in [2.45, 2.75) is 12.7 Å². The number of benzene rings is 2. The first-order chi connectivity index (χ1) is 11.3. The van der Waals surface area contributed by atoms with E-state index in [1.54, 1.807) is 0 Å². The van der Waals surface area contributed by atoms with E-state index >= 15 is 0 Å². The maximum atomic E-state index is 12.6. The van der Waals surface area contributed by atoms with Crippen LogP contribution in [0.2, 0.25) is 0 Å². The molecule has 2 aromatic carbocycles. The topological polar surface area (TPSA) is 69.6 Å². The van der Waals surface area contributed by atoms with Crippen LogP contribution in [0.4, 0.5) is 13.2 Å². The van der Waals surface area contributed by atoms with E-state index in [0.29, 0.717) is 5.56 Å². The molecular weight excluding hydrogens is 323 g/mol. The fraction of sp³-hybridized carbons (Fsp3) is 0.118. The number of halogens is 3. The molecule has 0 heterocycles. The number of hydrogen-bond acceptors (Lipinski definition) is 3. The number of rotatable bonds is 4. The lowest BCUT2D eigenvalue weighted by Gasteiger charge is -2.09. The van der Waals surface area contributed by atoms with Crippen LogP contribution < -0.4 is 5.32 Å². The van der Waals surface area contributed by atoms with Gasteiger partial charge in [-0.15, -0.1) is 0 Å². The second-order valence-corrected chi connectivity index (χ2v) is 4.96. The summed E-state index contributed by atoms with van der Waals surface area (Å²) in [5.74, 6) is -1.23. The van der Waals surface area contributed by atoms with Gasteiger partial charge in [0.15, 0.2) is 11.5 Å². The molecule has 0 fully saturated rings. The van der Waals surface area contributed by atoms with Crippen LogP contribution in [-0.2, 0) is 17.5 Å². The molecule has 0 aromatic heterocycles. The van der Waals surface area contributed by atoms with Crippen LogP contribution in [0.15, 0.2) is 48.5 Å². The van der Waals surface area contributed by atoms with Gasteiger partial charge in [-0.2, -0.15) is 13.2 Å². The molecular formula is C17H14F3NO3. The van der Waals surface area contributed by atoms with E-state index in [1.807, 2.05) is 0 Å². The third-order valence-corrected chi connectivity index (χ3v) is 3.18. The highest BCUT2D eigenvalue weighted by Gasteiger charge is 2.30. The number of amides is 1. The Kier molecular flexibility index (Phi) is 5.13. The summed E-state index contributed by atoms with van der Waals surface area (Å²) in [7, 11) is 0. The summed E-state index contributed by atoms with van der Waals surface area (Å²) < 4.78 is 37.8. The molecule has 126 valence electrons. The van der Waals surface area contributed by atoms with Gasteiger partial charge in [-0.25, -0.2) is 0 Å². The van der Waals surface area contributed by atoms with E-state index < -0.39 is 17.6 Å². The number of phenolic OH excluding ortho intramolecular Hbond substituents is 2. The van der Waals surface area contributed by atoms with Gasteiger partial charge in [0.05, 0.1) is 5.56 Å². The van der Waals surface area contributed by atoms with Crippen molar-refractivity contribution in [2.24, 2.45) is 0 Å². The van der Waals surface area contributed by atoms with Crippen LogP contribution >= 0.6 is 0 Å². The SMILES string of the molecule is O=C(C=Cc1cccc(O)c1O)NCc1cccc(C(F)(F)F)c1. The quantitative estimate of drug-likeness (QED) is 0.591. The average molecular weight is 337 g/mol. The molecule has 0 bridgehead atoms. The van der Waals surface area contributed by atoms with Crippen LogP contribution in [0.1, 0.15) is 16.7 Å². The minimum Gasteiger partial charge on any atom is -0.504 e. The second-order valence-electron chi connectivity index (χ2n) is 4.96. The van der Waals surface area contributed by atoms with Crippen molar-refractivity contribution in [1.29, 1.82) is 0 Å². The van der Waals surface area contributed by atoms with Gasteiger partial charge in [0.1, 0.15) is 0 Å². The summed E-state index contributed by atoms with van der Waals surface area (Å²) in [5, 5.41) is 21.4. The fourth-order valence-corrected chi connectivity index (χ4v) is 1.95. The number of nitrogens with one attached hydrogen (secondary N) is 1. The molecule has 4 nitrogen and oxygen atoms in total. The van der Waals surface area contributed by atoms with Gasteiger partial charge in [0.2, 0.25) is 5.91 Å². The number of carbonyl (C=O) groups excluding carboxylic acids is 1. The van der Waals surface area contributed by atoms with Crippen molar-refractivity contribution < 1.29 is 28.2 Å². The molecule has 0 aliphatic rings. The predicted octanol–water partition coefficient (Wildman–Crippen LogP) is 3.45. The zero-order valence-corrected chi connectivity index (χ0v) is 12.3. The Morgan fingerprint density at radius 2 is 1.83 bits per heavy atom. The van der Waals surface area contributed by atoms with E-state index in [0.717, 1.165) is 18.2 Å². The zero-order chi connectivity index (χ0) is 17.7. The van der Waals surface area contributed by atoms with Gasteiger partial charge in [-0.3, -0.25) is 4.79 Å². The van der Waals surface area contributed by atoms with Gasteiger partial charge >= 0.3 is 6.18 Å². The Morgan fingerprint density at radius 3 is 2.54 bits per heavy atom. The number of aromatic hydroxyl groups is 2. The number of carbonyl (C=O) groups is 1. The van der Waals surface area contributed by atoms with Crippen molar-refractivity contribution in [1.82, 2.24) is 5.32 Å². The summed E-state index contributed by atoms with van der Waals surface area (Å²) in [4.78, 5) is 11.7. The van der Waals surface area contributed by atoms with Crippen LogP contribution in [0.5, 0.6) is 11.5 Å². The first-order valence-corrected chi connectivity index (χ1v) is 6.90. The minimum absolute atomic E-state index is 0.0703. The fourth-order valence-electron chi connectivity index (χ4n) is 1.95. The third-order valence-electron chi connectivity index (χ3n) is 3.18. The molecule has 0 saturated heterocycles. The molecule has 7 heteroatoms. The molecule has 0 unspecified atom stereocenters. The number of phenols is 2. The van der Waals surface area contributed by atoms with Crippen LogP contribution in [-0.4, -0.2) is 16.1 Å². The molecule has 2 rings (SSSR count). The monoisotopic (exact) mass is 337 g/mol. The van der Waals surface area contributed by atoms with E-state index in [4.69, 9.17) is 0 Å². The molecule has 2 aromatic rings. The van der Waals surface area contributed by atoms with Crippen molar-refractivity contribution >= 4 is 12.0 Å². The second kappa shape index (κ2) is 7.08. The molecule has 0 radical (unpaired) electrons. The maximum Gasteiger partial charge on any atom is 0.416 e. The molecule has 0 spiro atoms. The molecule has 3 N–H and O–H groups in total. The zero-order valence-electron chi connectivity index (χ0n) is 12.3. The van der Waals surface area contributed by atoms with E-state index in [9.17, 15) is 28.2 Å². The average Bonchev–Trinajstić information content (AvgIpc) is 2.54. The number of para-hydroxylation sites is 1. The van der Waals surface area contributed by atoms with Gasteiger partial charge < -0.3 is 15.5 Å². The van der Waals surface area contributed by atoms with E-state index in [2.05, 4.69) is 5.32 Å². The van der Waals surface area contributed by atoms with Crippen molar-refractivity contribution in [3.63, 3.8) is 0 Å². The van der Waals surface area contributed by atoms with Crippen LogP contribution in [0.3, 0.4) is 0 Å². The summed E-state index contributed by atoms with van der Waals surface area (Å²) >= 11 is 0. The Morgan fingerprint density at radius 1 is 1.12 bits per heavy atom. The maximum absolute atomic E-state index is 12.6. The predicted molar refractivity (Wildman–Crippen MR) is 82.1 cm³/mol. The third kappa shape index (κ3) is 4.52. The van der Waals surface area contributed by atoms with Crippen molar-refractivity contribution in [2.75, 3.05) is 0 Å².